The summed E-state index contributed by atoms with van der Waals surface area (Å²) in [7, 11) is 0. The lowest BCUT2D eigenvalue weighted by Crippen LogP contribution is -2.11. The van der Waals surface area contributed by atoms with Gasteiger partial charge in [0, 0.05) is 43.7 Å². The van der Waals surface area contributed by atoms with E-state index in [0.717, 1.165) is 50.1 Å². The fourth-order valence-electron chi connectivity index (χ4n) is 7.36. The minimum Gasteiger partial charge on any atom is -0.456 e. The second-order valence-electron chi connectivity index (χ2n) is 12.6. The van der Waals surface area contributed by atoms with Crippen molar-refractivity contribution in [2.75, 3.05) is 10.2 Å². The van der Waals surface area contributed by atoms with Crippen molar-refractivity contribution in [3.05, 3.63) is 175 Å². The minimum absolute atomic E-state index is 0.195. The Labute approximate surface area is 288 Å². The van der Waals surface area contributed by atoms with Gasteiger partial charge in [0.1, 0.15) is 16.5 Å². The molecule has 9 aromatic rings. The van der Waals surface area contributed by atoms with Gasteiger partial charge in [-0.05, 0) is 81.9 Å². The summed E-state index contributed by atoms with van der Waals surface area (Å²) in [6.45, 7) is 0. The molecule has 232 valence electrons. The Morgan fingerprint density at radius 2 is 1.27 bits per heavy atom. The maximum Gasteiger partial charge on any atom is 0.135 e. The number of hydrogen-bond donors (Lipinski definition) is 1. The second kappa shape index (κ2) is 11.3. The highest BCUT2D eigenvalue weighted by atomic mass is 32.2. The maximum atomic E-state index is 6.17. The Balaban J connectivity index is 1.12. The number of anilines is 4. The Kier molecular flexibility index (Phi) is 6.49. The molecule has 1 atom stereocenters. The summed E-state index contributed by atoms with van der Waals surface area (Å²) in [4.78, 5) is 3.70. The number of para-hydroxylation sites is 3. The average Bonchev–Trinajstić information content (AvgIpc) is 3.78. The predicted octanol–water partition coefficient (Wildman–Crippen LogP) is 13.2. The van der Waals surface area contributed by atoms with Gasteiger partial charge in [0.15, 0.2) is 0 Å². The Bertz CT molecular complexity index is 2680. The molecular weight excluding hydrogens is 617 g/mol. The molecule has 0 fully saturated rings. The molecule has 1 aliphatic heterocycles. The number of nitrogens with one attached hydrogen (secondary N) is 1. The van der Waals surface area contributed by atoms with Crippen LogP contribution >= 0.6 is 11.8 Å². The first kappa shape index (κ1) is 28.1. The van der Waals surface area contributed by atoms with E-state index in [-0.39, 0.29) is 5.37 Å². The number of nitrogens with zero attached hydrogens (tertiary/aromatic N) is 1. The van der Waals surface area contributed by atoms with Crippen LogP contribution in [-0.4, -0.2) is 0 Å². The molecule has 2 heterocycles. The van der Waals surface area contributed by atoms with E-state index in [1.165, 1.54) is 37.7 Å². The first-order valence-electron chi connectivity index (χ1n) is 16.6. The van der Waals surface area contributed by atoms with Crippen LogP contribution in [0, 0.1) is 0 Å². The van der Waals surface area contributed by atoms with Gasteiger partial charge in [0.2, 0.25) is 0 Å². The van der Waals surface area contributed by atoms with Crippen molar-refractivity contribution in [3.63, 3.8) is 0 Å². The quantitative estimate of drug-likeness (QED) is 0.188. The number of rotatable bonds is 5. The van der Waals surface area contributed by atoms with Crippen molar-refractivity contribution >= 4 is 78.0 Å². The monoisotopic (exact) mass is 646 g/mol. The van der Waals surface area contributed by atoms with Crippen LogP contribution in [0.1, 0.15) is 10.9 Å². The highest BCUT2D eigenvalue weighted by Gasteiger charge is 2.26. The van der Waals surface area contributed by atoms with E-state index in [9.17, 15) is 0 Å². The van der Waals surface area contributed by atoms with Gasteiger partial charge in [0.25, 0.3) is 0 Å². The van der Waals surface area contributed by atoms with Crippen LogP contribution < -0.4 is 10.2 Å². The average molecular weight is 647 g/mol. The molecule has 4 heteroatoms. The molecule has 1 unspecified atom stereocenters. The standard InChI is InChI=1S/C45H30N2OS/c1-3-11-30(12-4-1)45-46-39-25-21-29-19-20-31-27-34(23-24-36(31)43(29)44(39)49-45)47(33-13-5-2-6-14-33)40-17-9-7-15-35(40)32-22-26-42-38(28-32)37-16-8-10-18-41(37)48-42/h1-28,45-46H. The minimum atomic E-state index is 0.195. The van der Waals surface area contributed by atoms with Crippen molar-refractivity contribution in [1.82, 2.24) is 0 Å². The number of furan rings is 1. The molecule has 0 bridgehead atoms. The number of benzene rings is 8. The zero-order chi connectivity index (χ0) is 32.3. The van der Waals surface area contributed by atoms with E-state index in [1.807, 2.05) is 23.9 Å². The molecule has 0 saturated carbocycles. The zero-order valence-corrected chi connectivity index (χ0v) is 27.3. The lowest BCUT2D eigenvalue weighted by molar-refractivity contribution is 0.669. The van der Waals surface area contributed by atoms with Crippen LogP contribution in [-0.2, 0) is 0 Å². The molecule has 1 aliphatic rings. The van der Waals surface area contributed by atoms with Crippen molar-refractivity contribution < 1.29 is 4.42 Å². The summed E-state index contributed by atoms with van der Waals surface area (Å²) < 4.78 is 6.17. The van der Waals surface area contributed by atoms with Crippen LogP contribution in [0.25, 0.3) is 54.6 Å². The summed E-state index contributed by atoms with van der Waals surface area (Å²) in [5.74, 6) is 0. The molecule has 0 radical (unpaired) electrons. The van der Waals surface area contributed by atoms with E-state index < -0.39 is 0 Å². The van der Waals surface area contributed by atoms with Crippen molar-refractivity contribution in [2.45, 2.75) is 10.3 Å². The summed E-state index contributed by atoms with van der Waals surface area (Å²) in [5.41, 5.74) is 9.94. The lowest BCUT2D eigenvalue weighted by Gasteiger charge is -2.28. The molecule has 1 aromatic heterocycles. The summed E-state index contributed by atoms with van der Waals surface area (Å²) in [6, 6.07) is 60.8. The molecule has 0 spiro atoms. The van der Waals surface area contributed by atoms with Gasteiger partial charge in [-0.1, -0.05) is 127 Å². The van der Waals surface area contributed by atoms with Crippen molar-refractivity contribution in [2.24, 2.45) is 0 Å². The largest absolute Gasteiger partial charge is 0.456 e. The van der Waals surface area contributed by atoms with Crippen LogP contribution in [0.2, 0.25) is 0 Å². The van der Waals surface area contributed by atoms with E-state index in [0.29, 0.717) is 0 Å². The van der Waals surface area contributed by atoms with Crippen LogP contribution in [0.4, 0.5) is 22.7 Å². The normalized spacial score (nSPS) is 14.0. The van der Waals surface area contributed by atoms with E-state index >= 15 is 0 Å². The highest BCUT2D eigenvalue weighted by molar-refractivity contribution is 8.00. The van der Waals surface area contributed by atoms with E-state index in [2.05, 4.69) is 168 Å². The van der Waals surface area contributed by atoms with Gasteiger partial charge in [-0.15, -0.1) is 0 Å². The first-order chi connectivity index (χ1) is 24.3. The Hall–Kier alpha value is -5.97. The molecule has 8 aromatic carbocycles. The van der Waals surface area contributed by atoms with Gasteiger partial charge in [-0.25, -0.2) is 0 Å². The van der Waals surface area contributed by atoms with Crippen LogP contribution in [0.5, 0.6) is 0 Å². The number of hydrogen-bond acceptors (Lipinski definition) is 4. The van der Waals surface area contributed by atoms with E-state index in [4.69, 9.17) is 4.42 Å². The molecule has 10 rings (SSSR count). The summed E-state index contributed by atoms with van der Waals surface area (Å²) >= 11 is 1.91. The van der Waals surface area contributed by atoms with Crippen LogP contribution in [0.3, 0.4) is 0 Å². The zero-order valence-electron chi connectivity index (χ0n) is 26.5. The highest BCUT2D eigenvalue weighted by Crippen LogP contribution is 2.51. The number of fused-ring (bicyclic) bond motifs is 8. The molecule has 49 heavy (non-hydrogen) atoms. The van der Waals surface area contributed by atoms with E-state index in [1.54, 1.807) is 0 Å². The summed E-state index contributed by atoms with van der Waals surface area (Å²) in [5, 5.41) is 11.3. The molecule has 3 nitrogen and oxygen atoms in total. The molecule has 0 amide bonds. The van der Waals surface area contributed by atoms with Crippen LogP contribution in [0.15, 0.2) is 179 Å². The van der Waals surface area contributed by atoms with Gasteiger partial charge in [-0.3, -0.25) is 0 Å². The van der Waals surface area contributed by atoms with Gasteiger partial charge in [-0.2, -0.15) is 0 Å². The third-order valence-electron chi connectivity index (χ3n) is 9.67. The third-order valence-corrected chi connectivity index (χ3v) is 11.0. The molecule has 0 aliphatic carbocycles. The van der Waals surface area contributed by atoms with Gasteiger partial charge >= 0.3 is 0 Å². The van der Waals surface area contributed by atoms with Gasteiger partial charge < -0.3 is 14.6 Å². The van der Waals surface area contributed by atoms with Crippen molar-refractivity contribution in [3.8, 4) is 11.1 Å². The SMILES string of the molecule is c1ccc(C2Nc3ccc4ccc5cc(N(c6ccccc6)c6ccccc6-c6ccc7oc8ccccc8c7c6)ccc5c4c3S2)cc1. The lowest BCUT2D eigenvalue weighted by atomic mass is 9.98. The fraction of sp³-hybridized carbons (Fsp3) is 0.0222. The third kappa shape index (κ3) is 4.67. The first-order valence-corrected chi connectivity index (χ1v) is 17.5. The summed E-state index contributed by atoms with van der Waals surface area (Å²) in [6.07, 6.45) is 0. The molecule has 1 N–H and O–H groups in total. The smallest absolute Gasteiger partial charge is 0.135 e. The molecule has 0 saturated heterocycles. The second-order valence-corrected chi connectivity index (χ2v) is 13.7. The maximum absolute atomic E-state index is 6.17. The van der Waals surface area contributed by atoms with Gasteiger partial charge in [0.05, 0.1) is 5.69 Å². The Morgan fingerprint density at radius 3 is 2.16 bits per heavy atom. The Morgan fingerprint density at radius 1 is 0.531 bits per heavy atom. The van der Waals surface area contributed by atoms with Crippen molar-refractivity contribution in [1.29, 1.82) is 0 Å². The predicted molar refractivity (Wildman–Crippen MR) is 208 cm³/mol. The fourth-order valence-corrected chi connectivity index (χ4v) is 8.68. The topological polar surface area (TPSA) is 28.4 Å². The molecular formula is C45H30N2OS. The number of thioether (sulfide) groups is 1.